The molecule has 0 bridgehead atoms. The molecular formula is C46H94N2O4. The predicted molar refractivity (Wildman–Crippen MR) is 224 cm³/mol. The smallest absolute Gasteiger partial charge is 0.0780 e. The molecule has 0 aromatic heterocycles. The maximum Gasteiger partial charge on any atom is 0.0780 e. The first-order valence-electron chi connectivity index (χ1n) is 22.5. The maximum absolute atomic E-state index is 9.41. The Balaban J connectivity index is -0.000000764. The van der Waals surface area contributed by atoms with Gasteiger partial charge in [0.05, 0.1) is 67.3 Å². The maximum atomic E-state index is 9.41. The van der Waals surface area contributed by atoms with E-state index in [-0.39, 0.29) is 0 Å². The second kappa shape index (κ2) is 42.3. The van der Waals surface area contributed by atoms with Crippen molar-refractivity contribution in [3.63, 3.8) is 0 Å². The average Bonchev–Trinajstić information content (AvgIpc) is 3.06. The van der Waals surface area contributed by atoms with Gasteiger partial charge in [0.2, 0.25) is 0 Å². The number of rotatable bonds is 36. The lowest BCUT2D eigenvalue weighted by Crippen LogP contribution is -2.35. The van der Waals surface area contributed by atoms with Crippen LogP contribution in [-0.2, 0) is 9.59 Å². The van der Waals surface area contributed by atoms with Crippen LogP contribution in [0.25, 0.3) is 0 Å². The Kier molecular flexibility index (Phi) is 44.7. The monoisotopic (exact) mass is 739 g/mol. The van der Waals surface area contributed by atoms with E-state index in [0.29, 0.717) is 12.2 Å². The Morgan fingerprint density at radius 3 is 0.615 bits per heavy atom. The number of carboxylic acid groups (broad SMARTS) is 2. The van der Waals surface area contributed by atoms with Crippen molar-refractivity contribution in [1.29, 1.82) is 0 Å². The summed E-state index contributed by atoms with van der Waals surface area (Å²) in [5.74, 6) is -3.09. The lowest BCUT2D eigenvalue weighted by atomic mass is 10.0. The normalized spacial score (nSPS) is 11.6. The molecule has 0 saturated carbocycles. The number of carboxylic acids is 2. The molecule has 0 amide bonds. The van der Waals surface area contributed by atoms with Gasteiger partial charge >= 0.3 is 0 Å². The summed E-state index contributed by atoms with van der Waals surface area (Å²) in [5.41, 5.74) is 0. The number of carbonyl (C=O) groups excluding carboxylic acids is 2. The Labute approximate surface area is 326 Å². The van der Waals surface area contributed by atoms with Crippen LogP contribution in [0, 0.1) is 0 Å². The van der Waals surface area contributed by atoms with Gasteiger partial charge in [-0.25, -0.2) is 0 Å². The molecule has 0 heterocycles. The second-order valence-corrected chi connectivity index (χ2v) is 17.6. The molecule has 0 aliphatic carbocycles. The van der Waals surface area contributed by atoms with Gasteiger partial charge in [-0.1, -0.05) is 194 Å². The third kappa shape index (κ3) is 63.6. The first-order valence-corrected chi connectivity index (χ1v) is 22.5. The lowest BCUT2D eigenvalue weighted by molar-refractivity contribution is -0.870. The van der Waals surface area contributed by atoms with Gasteiger partial charge in [0, 0.05) is 0 Å². The Morgan fingerprint density at radius 1 is 0.327 bits per heavy atom. The SMILES string of the molecule is CCCCCCCCCCCCCCCCCC[N+](C)(C)C.CCCCCCCCCCCCCCCCCC[N+](C)(C)C.O=C([O-])/C=C\C(=O)[O-]. The van der Waals surface area contributed by atoms with Crippen LogP contribution < -0.4 is 10.2 Å². The van der Waals surface area contributed by atoms with Crippen LogP contribution in [0.1, 0.15) is 219 Å². The van der Waals surface area contributed by atoms with Crippen molar-refractivity contribution in [1.82, 2.24) is 0 Å². The Morgan fingerprint density at radius 2 is 0.481 bits per heavy atom. The van der Waals surface area contributed by atoms with Crippen molar-refractivity contribution < 1.29 is 28.8 Å². The summed E-state index contributed by atoms with van der Waals surface area (Å²) in [6.07, 6.45) is 47.5. The number of unbranched alkanes of at least 4 members (excludes halogenated alkanes) is 30. The van der Waals surface area contributed by atoms with Crippen molar-refractivity contribution in [3.05, 3.63) is 12.2 Å². The van der Waals surface area contributed by atoms with Crippen LogP contribution in [0.4, 0.5) is 0 Å². The summed E-state index contributed by atoms with van der Waals surface area (Å²) in [4.78, 5) is 18.8. The summed E-state index contributed by atoms with van der Waals surface area (Å²) in [5, 5.41) is 18.8. The molecular weight excluding hydrogens is 645 g/mol. The van der Waals surface area contributed by atoms with E-state index in [9.17, 15) is 19.8 Å². The van der Waals surface area contributed by atoms with E-state index in [1.165, 1.54) is 219 Å². The van der Waals surface area contributed by atoms with Gasteiger partial charge in [0.15, 0.2) is 0 Å². The topological polar surface area (TPSA) is 80.3 Å². The lowest BCUT2D eigenvalue weighted by Gasteiger charge is -2.23. The van der Waals surface area contributed by atoms with E-state index in [4.69, 9.17) is 0 Å². The van der Waals surface area contributed by atoms with Gasteiger partial charge in [-0.2, -0.15) is 0 Å². The first kappa shape index (κ1) is 54.9. The zero-order chi connectivity index (χ0) is 39.6. The van der Waals surface area contributed by atoms with E-state index in [2.05, 4.69) is 56.1 Å². The predicted octanol–water partition coefficient (Wildman–Crippen LogP) is 11.0. The molecule has 0 spiro atoms. The van der Waals surface area contributed by atoms with Crippen molar-refractivity contribution >= 4 is 11.9 Å². The van der Waals surface area contributed by atoms with Crippen LogP contribution in [0.5, 0.6) is 0 Å². The molecule has 0 unspecified atom stereocenters. The van der Waals surface area contributed by atoms with Crippen molar-refractivity contribution in [2.45, 2.75) is 219 Å². The van der Waals surface area contributed by atoms with Gasteiger partial charge in [-0.15, -0.1) is 0 Å². The average molecular weight is 739 g/mol. The number of hydrogen-bond acceptors (Lipinski definition) is 4. The highest BCUT2D eigenvalue weighted by Gasteiger charge is 2.06. The van der Waals surface area contributed by atoms with Crippen LogP contribution in [0.2, 0.25) is 0 Å². The molecule has 0 aromatic rings. The number of aliphatic carboxylic acids is 2. The highest BCUT2D eigenvalue weighted by Crippen LogP contribution is 2.15. The highest BCUT2D eigenvalue weighted by molar-refractivity contribution is 5.87. The minimum atomic E-state index is -1.55. The number of hydrogen-bond donors (Lipinski definition) is 0. The minimum Gasteiger partial charge on any atom is -0.545 e. The molecule has 6 nitrogen and oxygen atoms in total. The molecule has 0 aromatic carbocycles. The molecule has 0 aliphatic heterocycles. The quantitative estimate of drug-likeness (QED) is 0.0364. The molecule has 6 heteroatoms. The van der Waals surface area contributed by atoms with Gasteiger partial charge in [-0.3, -0.25) is 0 Å². The van der Waals surface area contributed by atoms with E-state index in [1.807, 2.05) is 0 Å². The largest absolute Gasteiger partial charge is 0.545 e. The Hall–Kier alpha value is -1.40. The van der Waals surface area contributed by atoms with E-state index < -0.39 is 11.9 Å². The standard InChI is InChI=1S/2C21H46N.C4H4O4/c2*1-5-6-7-8-9-10-11-12-13-14-15-16-17-18-19-20-21-22(2,3)4;5-3(6)1-2-4(7)8/h2*5-21H2,1-4H3;1-2H,(H,5,6)(H,7,8)/q2*+1;/p-2/b;;2-1-. The molecule has 0 saturated heterocycles. The fourth-order valence-corrected chi connectivity index (χ4v) is 6.40. The molecule has 0 rings (SSSR count). The highest BCUT2D eigenvalue weighted by atomic mass is 16.4. The summed E-state index contributed by atoms with van der Waals surface area (Å²) in [6.45, 7) is 7.26. The number of carbonyl (C=O) groups is 2. The van der Waals surface area contributed by atoms with Crippen molar-refractivity contribution in [2.75, 3.05) is 55.4 Å². The zero-order valence-corrected chi connectivity index (χ0v) is 36.7. The number of nitrogens with zero attached hydrogens (tertiary/aromatic N) is 2. The van der Waals surface area contributed by atoms with E-state index in [0.717, 1.165) is 8.97 Å². The summed E-state index contributed by atoms with van der Waals surface area (Å²) in [6, 6.07) is 0. The van der Waals surface area contributed by atoms with Crippen molar-refractivity contribution in [2.24, 2.45) is 0 Å². The van der Waals surface area contributed by atoms with E-state index in [1.54, 1.807) is 0 Å². The Bertz CT molecular complexity index is 692. The van der Waals surface area contributed by atoms with Crippen LogP contribution in [0.15, 0.2) is 12.2 Å². The van der Waals surface area contributed by atoms with Crippen molar-refractivity contribution in [3.8, 4) is 0 Å². The van der Waals surface area contributed by atoms with Crippen LogP contribution in [-0.4, -0.2) is 76.3 Å². The molecule has 0 aliphatic rings. The molecule has 0 fully saturated rings. The second-order valence-electron chi connectivity index (χ2n) is 17.6. The first-order chi connectivity index (χ1) is 24.7. The summed E-state index contributed by atoms with van der Waals surface area (Å²) >= 11 is 0. The van der Waals surface area contributed by atoms with Crippen LogP contribution >= 0.6 is 0 Å². The van der Waals surface area contributed by atoms with E-state index >= 15 is 0 Å². The summed E-state index contributed by atoms with van der Waals surface area (Å²) < 4.78 is 2.25. The fourth-order valence-electron chi connectivity index (χ4n) is 6.40. The zero-order valence-electron chi connectivity index (χ0n) is 36.7. The van der Waals surface area contributed by atoms with Gasteiger partial charge in [0.1, 0.15) is 0 Å². The number of quaternary nitrogens is 2. The van der Waals surface area contributed by atoms with Crippen LogP contribution in [0.3, 0.4) is 0 Å². The van der Waals surface area contributed by atoms with Gasteiger partial charge in [0.25, 0.3) is 0 Å². The fraction of sp³-hybridized carbons (Fsp3) is 0.913. The van der Waals surface area contributed by atoms with Gasteiger partial charge in [-0.05, 0) is 37.8 Å². The molecule has 0 N–H and O–H groups in total. The minimum absolute atomic E-state index is 0.384. The van der Waals surface area contributed by atoms with Gasteiger partial charge < -0.3 is 28.8 Å². The molecule has 0 atom stereocenters. The third-order valence-corrected chi connectivity index (χ3v) is 9.72. The molecule has 52 heavy (non-hydrogen) atoms. The third-order valence-electron chi connectivity index (χ3n) is 9.72. The molecule has 0 radical (unpaired) electrons. The molecule has 312 valence electrons. The summed E-state index contributed by atoms with van der Waals surface area (Å²) in [7, 11) is 13.8.